The molecule has 0 aliphatic rings. The van der Waals surface area contributed by atoms with E-state index in [1.165, 1.54) is 6.07 Å². The Morgan fingerprint density at radius 1 is 1.20 bits per heavy atom. The van der Waals surface area contributed by atoms with Gasteiger partial charge in [-0.1, -0.05) is 0 Å². The van der Waals surface area contributed by atoms with Crippen molar-refractivity contribution >= 4 is 17.7 Å². The number of nitrogens with zero attached hydrogens (tertiary/aromatic N) is 2. The van der Waals surface area contributed by atoms with E-state index in [-0.39, 0.29) is 17.7 Å². The van der Waals surface area contributed by atoms with Crippen LogP contribution in [-0.4, -0.2) is 16.1 Å². The van der Waals surface area contributed by atoms with E-state index in [4.69, 9.17) is 0 Å². The van der Waals surface area contributed by atoms with E-state index < -0.39 is 15.5 Å². The lowest BCUT2D eigenvalue weighted by molar-refractivity contribution is -0.394. The highest BCUT2D eigenvalue weighted by Crippen LogP contribution is 2.24. The smallest absolute Gasteiger partial charge is 0.279 e. The molecule has 0 spiro atoms. The number of benzene rings is 1. The normalized spacial score (nSPS) is 9.60. The number of nitro groups is 2. The standard InChI is InChI=1S/C8H6N2O5/c11-4-3-6-1-2-7(9(12)13)5-8(6)10(14)15/h1-2,4-5H,3H2. The molecule has 0 unspecified atom stereocenters. The Morgan fingerprint density at radius 3 is 2.33 bits per heavy atom. The number of hydrogen-bond donors (Lipinski definition) is 0. The van der Waals surface area contributed by atoms with Crippen molar-refractivity contribution in [3.63, 3.8) is 0 Å². The quantitative estimate of drug-likeness (QED) is 0.422. The summed E-state index contributed by atoms with van der Waals surface area (Å²) in [6.07, 6.45) is 0.377. The van der Waals surface area contributed by atoms with E-state index in [9.17, 15) is 25.0 Å². The molecule has 0 N–H and O–H groups in total. The Kier molecular flexibility index (Phi) is 3.06. The molecular formula is C8H6N2O5. The molecule has 0 saturated carbocycles. The summed E-state index contributed by atoms with van der Waals surface area (Å²) in [5, 5.41) is 20.9. The monoisotopic (exact) mass is 210 g/mol. The number of nitro benzene ring substituents is 2. The van der Waals surface area contributed by atoms with Crippen LogP contribution in [0.1, 0.15) is 5.56 Å². The Hall–Kier alpha value is -2.31. The largest absolute Gasteiger partial charge is 0.303 e. The van der Waals surface area contributed by atoms with Gasteiger partial charge in [-0.05, 0) is 6.07 Å². The lowest BCUT2D eigenvalue weighted by atomic mass is 10.1. The second-order valence-corrected chi connectivity index (χ2v) is 2.70. The molecule has 0 heterocycles. The van der Waals surface area contributed by atoms with Crippen molar-refractivity contribution in [3.05, 3.63) is 44.0 Å². The van der Waals surface area contributed by atoms with Crippen LogP contribution in [0, 0.1) is 20.2 Å². The van der Waals surface area contributed by atoms with Crippen LogP contribution in [0.25, 0.3) is 0 Å². The minimum Gasteiger partial charge on any atom is -0.303 e. The number of aldehydes is 1. The van der Waals surface area contributed by atoms with Crippen LogP contribution in [0.3, 0.4) is 0 Å². The van der Waals surface area contributed by atoms with Crippen LogP contribution in [0.15, 0.2) is 18.2 Å². The molecule has 1 rings (SSSR count). The van der Waals surface area contributed by atoms with Gasteiger partial charge in [0, 0.05) is 18.1 Å². The molecule has 1 aromatic rings. The first-order chi connectivity index (χ1) is 7.06. The van der Waals surface area contributed by atoms with Gasteiger partial charge in [0.15, 0.2) is 0 Å². The van der Waals surface area contributed by atoms with Crippen LogP contribution in [0.4, 0.5) is 11.4 Å². The molecule has 0 aliphatic carbocycles. The van der Waals surface area contributed by atoms with Crippen molar-refractivity contribution < 1.29 is 14.6 Å². The molecule has 7 heteroatoms. The summed E-state index contributed by atoms with van der Waals surface area (Å²) in [6, 6.07) is 3.19. The highest BCUT2D eigenvalue weighted by Gasteiger charge is 2.18. The van der Waals surface area contributed by atoms with Crippen LogP contribution in [0.2, 0.25) is 0 Å². The van der Waals surface area contributed by atoms with E-state index in [1.807, 2.05) is 0 Å². The fraction of sp³-hybridized carbons (Fsp3) is 0.125. The van der Waals surface area contributed by atoms with Gasteiger partial charge >= 0.3 is 0 Å². The fourth-order valence-electron chi connectivity index (χ4n) is 1.10. The van der Waals surface area contributed by atoms with Gasteiger partial charge < -0.3 is 4.79 Å². The zero-order chi connectivity index (χ0) is 11.4. The minimum atomic E-state index is -0.744. The molecule has 0 fully saturated rings. The van der Waals surface area contributed by atoms with Crippen LogP contribution in [0.5, 0.6) is 0 Å². The van der Waals surface area contributed by atoms with E-state index in [0.29, 0.717) is 6.29 Å². The molecule has 0 saturated heterocycles. The number of rotatable bonds is 4. The van der Waals surface area contributed by atoms with Gasteiger partial charge in [0.2, 0.25) is 0 Å². The molecule has 0 aromatic heterocycles. The summed E-state index contributed by atoms with van der Waals surface area (Å²) in [7, 11) is 0. The summed E-state index contributed by atoms with van der Waals surface area (Å²) >= 11 is 0. The summed E-state index contributed by atoms with van der Waals surface area (Å²) in [4.78, 5) is 29.6. The molecule has 1 aromatic carbocycles. The lowest BCUT2D eigenvalue weighted by Gasteiger charge is -1.98. The zero-order valence-electron chi connectivity index (χ0n) is 7.45. The SMILES string of the molecule is O=CCc1ccc([N+](=O)[O-])cc1[N+](=O)[O-]. The lowest BCUT2D eigenvalue weighted by Crippen LogP contribution is -1.98. The molecule has 0 radical (unpaired) electrons. The Bertz CT molecular complexity index is 429. The van der Waals surface area contributed by atoms with Crippen molar-refractivity contribution in [3.8, 4) is 0 Å². The van der Waals surface area contributed by atoms with Crippen molar-refractivity contribution in [2.45, 2.75) is 6.42 Å². The van der Waals surface area contributed by atoms with Crippen molar-refractivity contribution in [2.24, 2.45) is 0 Å². The van der Waals surface area contributed by atoms with Gasteiger partial charge in [0.05, 0.1) is 15.9 Å². The second kappa shape index (κ2) is 4.27. The molecule has 0 amide bonds. The van der Waals surface area contributed by atoms with E-state index in [0.717, 1.165) is 12.1 Å². The van der Waals surface area contributed by atoms with Gasteiger partial charge in [-0.2, -0.15) is 0 Å². The topological polar surface area (TPSA) is 103 Å². The van der Waals surface area contributed by atoms with Crippen molar-refractivity contribution in [1.29, 1.82) is 0 Å². The predicted molar refractivity (Wildman–Crippen MR) is 49.5 cm³/mol. The number of carbonyl (C=O) groups is 1. The predicted octanol–water partition coefficient (Wildman–Crippen LogP) is 1.24. The maximum atomic E-state index is 10.5. The molecule has 0 bridgehead atoms. The number of carbonyl (C=O) groups excluding carboxylic acids is 1. The van der Waals surface area contributed by atoms with Gasteiger partial charge in [0.1, 0.15) is 6.29 Å². The van der Waals surface area contributed by atoms with Crippen molar-refractivity contribution in [1.82, 2.24) is 0 Å². The Morgan fingerprint density at radius 2 is 1.87 bits per heavy atom. The molecule has 78 valence electrons. The Balaban J connectivity index is 3.26. The molecule has 7 nitrogen and oxygen atoms in total. The van der Waals surface area contributed by atoms with Crippen LogP contribution < -0.4 is 0 Å². The average molecular weight is 210 g/mol. The third kappa shape index (κ3) is 2.33. The van der Waals surface area contributed by atoms with Crippen LogP contribution >= 0.6 is 0 Å². The van der Waals surface area contributed by atoms with E-state index >= 15 is 0 Å². The minimum absolute atomic E-state index is 0.131. The van der Waals surface area contributed by atoms with Crippen molar-refractivity contribution in [2.75, 3.05) is 0 Å². The fourth-order valence-corrected chi connectivity index (χ4v) is 1.10. The maximum absolute atomic E-state index is 10.5. The zero-order valence-corrected chi connectivity index (χ0v) is 7.45. The summed E-state index contributed by atoms with van der Waals surface area (Å²) in [5.41, 5.74) is -0.603. The summed E-state index contributed by atoms with van der Waals surface area (Å²) < 4.78 is 0. The van der Waals surface area contributed by atoms with Gasteiger partial charge in [-0.3, -0.25) is 20.2 Å². The third-order valence-electron chi connectivity index (χ3n) is 1.78. The molecule has 0 aliphatic heterocycles. The Labute approximate surface area is 83.6 Å². The first-order valence-electron chi connectivity index (χ1n) is 3.91. The average Bonchev–Trinajstić information content (AvgIpc) is 2.18. The molecule has 0 atom stereocenters. The first-order valence-corrected chi connectivity index (χ1v) is 3.91. The highest BCUT2D eigenvalue weighted by molar-refractivity contribution is 5.61. The highest BCUT2D eigenvalue weighted by atomic mass is 16.6. The summed E-state index contributed by atoms with van der Waals surface area (Å²) in [6.45, 7) is 0. The number of non-ortho nitro benzene ring substituents is 1. The number of hydrogen-bond acceptors (Lipinski definition) is 5. The van der Waals surface area contributed by atoms with E-state index in [1.54, 1.807) is 0 Å². The van der Waals surface area contributed by atoms with Gasteiger partial charge in [-0.25, -0.2) is 0 Å². The van der Waals surface area contributed by atoms with Gasteiger partial charge in [0.25, 0.3) is 11.4 Å². The maximum Gasteiger partial charge on any atom is 0.279 e. The van der Waals surface area contributed by atoms with E-state index in [2.05, 4.69) is 0 Å². The molecule has 15 heavy (non-hydrogen) atoms. The second-order valence-electron chi connectivity index (χ2n) is 2.70. The van der Waals surface area contributed by atoms with Gasteiger partial charge in [-0.15, -0.1) is 0 Å². The third-order valence-corrected chi connectivity index (χ3v) is 1.78. The van der Waals surface area contributed by atoms with Crippen LogP contribution in [-0.2, 0) is 11.2 Å². The summed E-state index contributed by atoms with van der Waals surface area (Å²) in [5.74, 6) is 0. The first kappa shape index (κ1) is 10.8. The molecular weight excluding hydrogens is 204 g/mol.